The van der Waals surface area contributed by atoms with Gasteiger partial charge in [0.1, 0.15) is 11.5 Å². The smallest absolute Gasteiger partial charge is 0.296 e. The summed E-state index contributed by atoms with van der Waals surface area (Å²) in [4.78, 5) is 22.1. The van der Waals surface area contributed by atoms with Crippen molar-refractivity contribution in [3.05, 3.63) is 58.1 Å². The Labute approximate surface area is 119 Å². The van der Waals surface area contributed by atoms with E-state index in [9.17, 15) is 25.1 Å². The summed E-state index contributed by atoms with van der Waals surface area (Å²) in [5, 5.41) is 32.1. The Morgan fingerprint density at radius 1 is 1.19 bits per heavy atom. The second-order valence-electron chi connectivity index (χ2n) is 4.32. The first-order valence-electron chi connectivity index (χ1n) is 6.01. The van der Waals surface area contributed by atoms with Crippen LogP contribution in [0.4, 0.5) is 11.4 Å². The summed E-state index contributed by atoms with van der Waals surface area (Å²) in [5.41, 5.74) is -0.0857. The lowest BCUT2D eigenvalue weighted by Crippen LogP contribution is -2.15. The molecule has 7 heteroatoms. The average molecular weight is 288 g/mol. The molecule has 0 saturated heterocycles. The maximum Gasteiger partial charge on any atom is 0.296 e. The van der Waals surface area contributed by atoms with Crippen LogP contribution in [0.2, 0.25) is 0 Å². The fourth-order valence-electron chi connectivity index (χ4n) is 1.84. The quantitative estimate of drug-likeness (QED) is 0.453. The van der Waals surface area contributed by atoms with Gasteiger partial charge in [-0.1, -0.05) is 18.2 Å². The second kappa shape index (κ2) is 5.91. The van der Waals surface area contributed by atoms with Gasteiger partial charge in [-0.2, -0.15) is 0 Å². The van der Waals surface area contributed by atoms with Crippen molar-refractivity contribution in [2.24, 2.45) is 0 Å². The first-order valence-corrected chi connectivity index (χ1v) is 6.01. The maximum atomic E-state index is 11.9. The van der Waals surface area contributed by atoms with Crippen LogP contribution in [0.25, 0.3) is 0 Å². The molecule has 21 heavy (non-hydrogen) atoms. The Bertz CT molecular complexity index is 700. The molecule has 2 aromatic rings. The highest BCUT2D eigenvalue weighted by molar-refractivity contribution is 5.96. The lowest BCUT2D eigenvalue weighted by Gasteiger charge is -2.08. The van der Waals surface area contributed by atoms with E-state index in [0.717, 1.165) is 0 Å². The van der Waals surface area contributed by atoms with Crippen LogP contribution in [0, 0.1) is 10.1 Å². The first kappa shape index (κ1) is 14.3. The molecule has 0 radical (unpaired) electrons. The van der Waals surface area contributed by atoms with Crippen molar-refractivity contribution in [1.82, 2.24) is 0 Å². The van der Waals surface area contributed by atoms with Crippen molar-refractivity contribution in [1.29, 1.82) is 0 Å². The molecule has 2 rings (SSSR count). The molecule has 0 saturated carbocycles. The molecule has 0 heterocycles. The fourth-order valence-corrected chi connectivity index (χ4v) is 1.84. The summed E-state index contributed by atoms with van der Waals surface area (Å²) in [6.45, 7) is 0. The summed E-state index contributed by atoms with van der Waals surface area (Å²) >= 11 is 0. The van der Waals surface area contributed by atoms with Crippen molar-refractivity contribution in [3.8, 4) is 11.5 Å². The highest BCUT2D eigenvalue weighted by Gasteiger charge is 2.19. The third kappa shape index (κ3) is 3.47. The number of hydrogen-bond acceptors (Lipinski definition) is 5. The first-order chi connectivity index (χ1) is 9.97. The third-order valence-electron chi connectivity index (χ3n) is 2.76. The number of benzene rings is 2. The van der Waals surface area contributed by atoms with Crippen molar-refractivity contribution in [3.63, 3.8) is 0 Å². The van der Waals surface area contributed by atoms with Crippen LogP contribution in [0.5, 0.6) is 11.5 Å². The molecule has 0 spiro atoms. The minimum atomic E-state index is -0.691. The molecule has 0 aromatic heterocycles. The number of phenolic OH excluding ortho intramolecular Hbond substituents is 2. The lowest BCUT2D eigenvalue weighted by molar-refractivity contribution is -0.384. The summed E-state index contributed by atoms with van der Waals surface area (Å²) in [6.07, 6.45) is -0.0834. The highest BCUT2D eigenvalue weighted by Crippen LogP contribution is 2.33. The van der Waals surface area contributed by atoms with Gasteiger partial charge in [0.25, 0.3) is 5.69 Å². The van der Waals surface area contributed by atoms with Gasteiger partial charge in [0.2, 0.25) is 5.91 Å². The number of hydrogen-bond donors (Lipinski definition) is 3. The molecule has 0 unspecified atom stereocenters. The molecule has 0 atom stereocenters. The molecule has 0 aliphatic rings. The molecule has 3 N–H and O–H groups in total. The Morgan fingerprint density at radius 3 is 2.57 bits per heavy atom. The summed E-state index contributed by atoms with van der Waals surface area (Å²) in [6, 6.07) is 9.85. The van der Waals surface area contributed by atoms with Crippen molar-refractivity contribution in [2.45, 2.75) is 6.42 Å². The maximum absolute atomic E-state index is 11.9. The van der Waals surface area contributed by atoms with E-state index in [1.54, 1.807) is 12.1 Å². The lowest BCUT2D eigenvalue weighted by atomic mass is 10.1. The molecule has 0 aliphatic heterocycles. The number of nitrogens with zero attached hydrogens (tertiary/aromatic N) is 1. The normalized spacial score (nSPS) is 10.1. The Balaban J connectivity index is 2.18. The predicted octanol–water partition coefficient (Wildman–Crippen LogP) is 2.19. The van der Waals surface area contributed by atoms with E-state index < -0.39 is 10.8 Å². The largest absolute Gasteiger partial charge is 0.508 e. The number of nitro benzene ring substituents is 1. The molecular formula is C14H12N2O5. The Kier molecular flexibility index (Phi) is 4.03. The molecule has 108 valence electrons. The van der Waals surface area contributed by atoms with Crippen LogP contribution >= 0.6 is 0 Å². The topological polar surface area (TPSA) is 113 Å². The average Bonchev–Trinajstić information content (AvgIpc) is 2.40. The summed E-state index contributed by atoms with van der Waals surface area (Å²) < 4.78 is 0. The molecule has 0 bridgehead atoms. The summed E-state index contributed by atoms with van der Waals surface area (Å²) in [5.74, 6) is -0.896. The van der Waals surface area contributed by atoms with E-state index in [1.807, 2.05) is 0 Å². The SMILES string of the molecule is O=C(Cc1cccc(O)c1)Nc1c(O)cccc1[N+](=O)[O-]. The van der Waals surface area contributed by atoms with Crippen LogP contribution in [0.3, 0.4) is 0 Å². The van der Waals surface area contributed by atoms with Crippen molar-refractivity contribution in [2.75, 3.05) is 5.32 Å². The van der Waals surface area contributed by atoms with Crippen LogP contribution in [-0.2, 0) is 11.2 Å². The number of carbonyl (C=O) groups is 1. The standard InChI is InChI=1S/C14H12N2O5/c17-10-4-1-3-9(7-10)8-13(19)15-14-11(16(20)21)5-2-6-12(14)18/h1-7,17-18H,8H2,(H,15,19). The third-order valence-corrected chi connectivity index (χ3v) is 2.76. The number of aromatic hydroxyl groups is 2. The number of nitro groups is 1. The van der Waals surface area contributed by atoms with E-state index in [-0.39, 0.29) is 29.3 Å². The molecule has 0 aliphatic carbocycles. The molecule has 0 fully saturated rings. The van der Waals surface area contributed by atoms with E-state index in [1.165, 1.54) is 30.3 Å². The number of amides is 1. The molecule has 1 amide bonds. The van der Waals surface area contributed by atoms with Gasteiger partial charge in [0.15, 0.2) is 5.69 Å². The highest BCUT2D eigenvalue weighted by atomic mass is 16.6. The van der Waals surface area contributed by atoms with Crippen LogP contribution < -0.4 is 5.32 Å². The molecule has 2 aromatic carbocycles. The van der Waals surface area contributed by atoms with Gasteiger partial charge < -0.3 is 15.5 Å². The Morgan fingerprint density at radius 2 is 1.90 bits per heavy atom. The fraction of sp³-hybridized carbons (Fsp3) is 0.0714. The number of nitrogens with one attached hydrogen (secondary N) is 1. The van der Waals surface area contributed by atoms with E-state index >= 15 is 0 Å². The zero-order valence-corrected chi connectivity index (χ0v) is 10.8. The van der Waals surface area contributed by atoms with Gasteiger partial charge >= 0.3 is 0 Å². The van der Waals surface area contributed by atoms with E-state index in [2.05, 4.69) is 5.32 Å². The van der Waals surface area contributed by atoms with Gasteiger partial charge in [-0.05, 0) is 23.8 Å². The van der Waals surface area contributed by atoms with Gasteiger partial charge in [-0.3, -0.25) is 14.9 Å². The predicted molar refractivity (Wildman–Crippen MR) is 75.2 cm³/mol. The molecule has 7 nitrogen and oxygen atoms in total. The van der Waals surface area contributed by atoms with Crippen LogP contribution in [0.15, 0.2) is 42.5 Å². The van der Waals surface area contributed by atoms with Crippen LogP contribution in [-0.4, -0.2) is 21.0 Å². The zero-order valence-electron chi connectivity index (χ0n) is 10.8. The van der Waals surface area contributed by atoms with E-state index in [4.69, 9.17) is 0 Å². The van der Waals surface area contributed by atoms with Gasteiger partial charge in [0, 0.05) is 6.07 Å². The summed E-state index contributed by atoms with van der Waals surface area (Å²) in [7, 11) is 0. The van der Waals surface area contributed by atoms with Crippen LogP contribution in [0.1, 0.15) is 5.56 Å². The number of carbonyl (C=O) groups excluding carboxylic acids is 1. The van der Waals surface area contributed by atoms with Gasteiger partial charge in [-0.25, -0.2) is 0 Å². The number of anilines is 1. The van der Waals surface area contributed by atoms with E-state index in [0.29, 0.717) is 5.56 Å². The van der Waals surface area contributed by atoms with Gasteiger partial charge in [-0.15, -0.1) is 0 Å². The minimum Gasteiger partial charge on any atom is -0.508 e. The Hall–Kier alpha value is -3.09. The zero-order chi connectivity index (χ0) is 15.4. The number of para-hydroxylation sites is 1. The second-order valence-corrected chi connectivity index (χ2v) is 4.32. The monoisotopic (exact) mass is 288 g/mol. The van der Waals surface area contributed by atoms with Crippen molar-refractivity contribution < 1.29 is 19.9 Å². The molecular weight excluding hydrogens is 276 g/mol. The van der Waals surface area contributed by atoms with Gasteiger partial charge in [0.05, 0.1) is 11.3 Å². The minimum absolute atomic E-state index is 0.0221. The number of phenols is 2. The van der Waals surface area contributed by atoms with Crippen molar-refractivity contribution >= 4 is 17.3 Å². The number of rotatable bonds is 4.